The maximum atomic E-state index is 6.41. The maximum Gasteiger partial charge on any atom is 0.0881 e. The summed E-state index contributed by atoms with van der Waals surface area (Å²) in [5, 5.41) is 4.92. The molecule has 0 amide bonds. The Labute approximate surface area is 114 Å². The molecule has 5 heteroatoms. The van der Waals surface area contributed by atoms with Crippen molar-refractivity contribution in [2.75, 3.05) is 7.11 Å². The first-order chi connectivity index (χ1) is 8.56. The van der Waals surface area contributed by atoms with Gasteiger partial charge in [0, 0.05) is 13.7 Å². The molecule has 1 aromatic heterocycles. The van der Waals surface area contributed by atoms with E-state index in [1.807, 2.05) is 4.68 Å². The Morgan fingerprint density at radius 3 is 2.50 bits per heavy atom. The van der Waals surface area contributed by atoms with Crippen LogP contribution in [0.3, 0.4) is 0 Å². The number of halogens is 1. The van der Waals surface area contributed by atoms with Gasteiger partial charge in [0.25, 0.3) is 0 Å². The van der Waals surface area contributed by atoms with E-state index in [4.69, 9.17) is 22.1 Å². The number of aryl methyl sites for hydroxylation is 1. The van der Waals surface area contributed by atoms with Crippen LogP contribution in [-0.4, -0.2) is 22.5 Å². The largest absolute Gasteiger partial charge is 0.376 e. The predicted molar refractivity (Wildman–Crippen MR) is 74.8 cm³/mol. The summed E-state index contributed by atoms with van der Waals surface area (Å²) in [6, 6.07) is -0.265. The van der Waals surface area contributed by atoms with Crippen LogP contribution in [0.1, 0.15) is 51.8 Å². The SMILES string of the molecule is CCCn1ncc(Cl)c1C(N)C(CC)(CC)OC. The first-order valence-electron chi connectivity index (χ1n) is 6.58. The summed E-state index contributed by atoms with van der Waals surface area (Å²) < 4.78 is 7.58. The summed E-state index contributed by atoms with van der Waals surface area (Å²) >= 11 is 6.23. The molecule has 18 heavy (non-hydrogen) atoms. The zero-order valence-corrected chi connectivity index (χ0v) is 12.5. The number of nitrogens with two attached hydrogens (primary N) is 1. The number of hydrogen-bond acceptors (Lipinski definition) is 3. The topological polar surface area (TPSA) is 53.1 Å². The predicted octanol–water partition coefficient (Wildman–Crippen LogP) is 3.15. The molecule has 4 nitrogen and oxygen atoms in total. The van der Waals surface area contributed by atoms with Crippen molar-refractivity contribution < 1.29 is 4.74 Å². The lowest BCUT2D eigenvalue weighted by molar-refractivity contribution is -0.0405. The summed E-state index contributed by atoms with van der Waals surface area (Å²) in [6.45, 7) is 7.10. The summed E-state index contributed by atoms with van der Waals surface area (Å²) in [5.41, 5.74) is 6.91. The standard InChI is InChI=1S/C13H24ClN3O/c1-5-8-17-11(10(14)9-16-17)12(15)13(6-2,7-3)18-4/h9,12H,5-8,15H2,1-4H3. The minimum Gasteiger partial charge on any atom is -0.376 e. The molecule has 104 valence electrons. The van der Waals surface area contributed by atoms with Crippen LogP contribution in [0, 0.1) is 0 Å². The van der Waals surface area contributed by atoms with Crippen molar-refractivity contribution in [2.24, 2.45) is 5.73 Å². The molecule has 0 aliphatic rings. The van der Waals surface area contributed by atoms with Crippen LogP contribution in [0.15, 0.2) is 6.20 Å². The van der Waals surface area contributed by atoms with Gasteiger partial charge in [0.1, 0.15) is 0 Å². The van der Waals surface area contributed by atoms with E-state index >= 15 is 0 Å². The van der Waals surface area contributed by atoms with Gasteiger partial charge in [0.05, 0.1) is 28.6 Å². The highest BCUT2D eigenvalue weighted by Gasteiger charge is 2.37. The van der Waals surface area contributed by atoms with E-state index in [0.717, 1.165) is 31.5 Å². The summed E-state index contributed by atoms with van der Waals surface area (Å²) in [6.07, 6.45) is 4.34. The second-order valence-corrected chi connectivity index (χ2v) is 4.96. The van der Waals surface area contributed by atoms with Crippen LogP contribution in [0.2, 0.25) is 5.02 Å². The average molecular weight is 274 g/mol. The Bertz CT molecular complexity index is 366. The molecule has 0 aromatic carbocycles. The van der Waals surface area contributed by atoms with Crippen molar-refractivity contribution in [3.8, 4) is 0 Å². The van der Waals surface area contributed by atoms with Gasteiger partial charge in [-0.15, -0.1) is 0 Å². The third-order valence-corrected chi connectivity index (χ3v) is 4.02. The van der Waals surface area contributed by atoms with Crippen molar-refractivity contribution in [1.82, 2.24) is 9.78 Å². The molecule has 1 rings (SSSR count). The van der Waals surface area contributed by atoms with E-state index in [1.165, 1.54) is 0 Å². The second kappa shape index (κ2) is 6.55. The van der Waals surface area contributed by atoms with Crippen LogP contribution < -0.4 is 5.73 Å². The van der Waals surface area contributed by atoms with Crippen molar-refractivity contribution in [1.29, 1.82) is 0 Å². The first-order valence-corrected chi connectivity index (χ1v) is 6.96. The van der Waals surface area contributed by atoms with E-state index in [1.54, 1.807) is 13.3 Å². The number of nitrogens with zero attached hydrogens (tertiary/aromatic N) is 2. The highest BCUT2D eigenvalue weighted by atomic mass is 35.5. The fourth-order valence-corrected chi connectivity index (χ4v) is 2.68. The maximum absolute atomic E-state index is 6.41. The van der Waals surface area contributed by atoms with Crippen molar-refractivity contribution >= 4 is 11.6 Å². The minimum absolute atomic E-state index is 0.265. The van der Waals surface area contributed by atoms with Gasteiger partial charge in [0.15, 0.2) is 0 Å². The third-order valence-electron chi connectivity index (χ3n) is 3.73. The van der Waals surface area contributed by atoms with Crippen molar-refractivity contribution in [2.45, 2.75) is 58.2 Å². The van der Waals surface area contributed by atoms with Crippen LogP contribution in [-0.2, 0) is 11.3 Å². The molecule has 1 unspecified atom stereocenters. The number of aromatic nitrogens is 2. The molecule has 0 bridgehead atoms. The van der Waals surface area contributed by atoms with Crippen molar-refractivity contribution in [3.63, 3.8) is 0 Å². The van der Waals surface area contributed by atoms with Crippen molar-refractivity contribution in [3.05, 3.63) is 16.9 Å². The number of hydrogen-bond donors (Lipinski definition) is 1. The summed E-state index contributed by atoms with van der Waals surface area (Å²) in [4.78, 5) is 0. The molecule has 1 aromatic rings. The highest BCUT2D eigenvalue weighted by molar-refractivity contribution is 6.31. The molecule has 2 N–H and O–H groups in total. The van der Waals surface area contributed by atoms with Gasteiger partial charge in [0.2, 0.25) is 0 Å². The smallest absolute Gasteiger partial charge is 0.0881 e. The van der Waals surface area contributed by atoms with E-state index in [9.17, 15) is 0 Å². The average Bonchev–Trinajstić information content (AvgIpc) is 2.73. The van der Waals surface area contributed by atoms with E-state index in [2.05, 4.69) is 25.9 Å². The van der Waals surface area contributed by atoms with Gasteiger partial charge in [-0.05, 0) is 19.3 Å². The normalized spacial score (nSPS) is 13.9. The summed E-state index contributed by atoms with van der Waals surface area (Å²) in [7, 11) is 1.71. The van der Waals surface area contributed by atoms with Gasteiger partial charge in [-0.25, -0.2) is 0 Å². The first kappa shape index (κ1) is 15.5. The van der Waals surface area contributed by atoms with Gasteiger partial charge < -0.3 is 10.5 Å². The number of ether oxygens (including phenoxy) is 1. The Kier molecular flexibility index (Phi) is 5.63. The van der Waals surface area contributed by atoms with Crippen LogP contribution >= 0.6 is 11.6 Å². The molecule has 0 aliphatic heterocycles. The van der Waals surface area contributed by atoms with Gasteiger partial charge >= 0.3 is 0 Å². The van der Waals surface area contributed by atoms with E-state index in [-0.39, 0.29) is 11.6 Å². The minimum atomic E-state index is -0.380. The van der Waals surface area contributed by atoms with Crippen LogP contribution in [0.5, 0.6) is 0 Å². The fraction of sp³-hybridized carbons (Fsp3) is 0.769. The molecule has 0 spiro atoms. The lowest BCUT2D eigenvalue weighted by atomic mass is 9.86. The molecule has 1 heterocycles. The van der Waals surface area contributed by atoms with Crippen LogP contribution in [0.25, 0.3) is 0 Å². The molecule has 1 atom stereocenters. The molecule has 0 fully saturated rings. The fourth-order valence-electron chi connectivity index (χ4n) is 2.43. The summed E-state index contributed by atoms with van der Waals surface area (Å²) in [5.74, 6) is 0. The third kappa shape index (κ3) is 2.71. The van der Waals surface area contributed by atoms with Gasteiger partial charge in [-0.1, -0.05) is 32.4 Å². The van der Waals surface area contributed by atoms with Gasteiger partial charge in [-0.2, -0.15) is 5.10 Å². The molecule has 0 aliphatic carbocycles. The Morgan fingerprint density at radius 1 is 1.44 bits per heavy atom. The monoisotopic (exact) mass is 273 g/mol. The van der Waals surface area contributed by atoms with Gasteiger partial charge in [-0.3, -0.25) is 4.68 Å². The number of rotatable bonds is 7. The van der Waals surface area contributed by atoms with Crippen LogP contribution in [0.4, 0.5) is 0 Å². The lowest BCUT2D eigenvalue weighted by Crippen LogP contribution is -2.43. The lowest BCUT2D eigenvalue weighted by Gasteiger charge is -2.36. The molecular weight excluding hydrogens is 250 g/mol. The molecule has 0 saturated carbocycles. The van der Waals surface area contributed by atoms with E-state index < -0.39 is 0 Å². The van der Waals surface area contributed by atoms with E-state index in [0.29, 0.717) is 5.02 Å². The zero-order valence-electron chi connectivity index (χ0n) is 11.7. The number of methoxy groups -OCH3 is 1. The Morgan fingerprint density at radius 2 is 2.06 bits per heavy atom. The quantitative estimate of drug-likeness (QED) is 0.830. The second-order valence-electron chi connectivity index (χ2n) is 4.55. The molecular formula is C13H24ClN3O. The Hall–Kier alpha value is -0.580. The molecule has 0 saturated heterocycles. The zero-order chi connectivity index (χ0) is 13.8. The Balaban J connectivity index is 3.15. The molecule has 0 radical (unpaired) electrons. The highest BCUT2D eigenvalue weighted by Crippen LogP contribution is 2.36.